The molecule has 1 aliphatic rings. The first-order valence-corrected chi connectivity index (χ1v) is 8.54. The number of benzene rings is 1. The number of rotatable bonds is 8. The summed E-state index contributed by atoms with van der Waals surface area (Å²) in [5.74, 6) is -0.0219. The summed E-state index contributed by atoms with van der Waals surface area (Å²) in [5, 5.41) is 11.7. The largest absolute Gasteiger partial charge is 0.492 e. The lowest BCUT2D eigenvalue weighted by Gasteiger charge is -2.20. The van der Waals surface area contributed by atoms with Gasteiger partial charge in [0.25, 0.3) is 0 Å². The van der Waals surface area contributed by atoms with Crippen LogP contribution in [0, 0.1) is 5.92 Å². The highest BCUT2D eigenvalue weighted by Gasteiger charge is 2.20. The predicted octanol–water partition coefficient (Wildman–Crippen LogP) is 1.72. The van der Waals surface area contributed by atoms with E-state index in [1.54, 1.807) is 24.3 Å². The van der Waals surface area contributed by atoms with Crippen molar-refractivity contribution < 1.29 is 19.4 Å². The highest BCUT2D eigenvalue weighted by Crippen LogP contribution is 2.23. The monoisotopic (exact) mass is 334 g/mol. The lowest BCUT2D eigenvalue weighted by atomic mass is 9.89. The van der Waals surface area contributed by atoms with E-state index in [1.807, 2.05) is 0 Å². The molecule has 4 N–H and O–H groups in total. The van der Waals surface area contributed by atoms with Crippen molar-refractivity contribution >= 4 is 11.9 Å². The van der Waals surface area contributed by atoms with Crippen molar-refractivity contribution in [3.63, 3.8) is 0 Å². The molecule has 1 atom stereocenters. The quantitative estimate of drug-likeness (QED) is 0.628. The van der Waals surface area contributed by atoms with E-state index in [9.17, 15) is 9.59 Å². The molecule has 0 unspecified atom stereocenters. The van der Waals surface area contributed by atoms with Gasteiger partial charge in [-0.05, 0) is 37.0 Å². The molecular weight excluding hydrogens is 308 g/mol. The number of nitrogens with two attached hydrogens (primary N) is 1. The predicted molar refractivity (Wildman–Crippen MR) is 90.8 cm³/mol. The Morgan fingerprint density at radius 2 is 1.88 bits per heavy atom. The molecule has 0 bridgehead atoms. The maximum Gasteiger partial charge on any atom is 0.320 e. The van der Waals surface area contributed by atoms with Crippen LogP contribution in [0.3, 0.4) is 0 Å². The second-order valence-electron chi connectivity index (χ2n) is 6.27. The molecule has 1 saturated carbocycles. The van der Waals surface area contributed by atoms with Crippen molar-refractivity contribution in [2.45, 2.75) is 44.6 Å². The van der Waals surface area contributed by atoms with Gasteiger partial charge in [-0.15, -0.1) is 0 Å². The number of carbonyl (C=O) groups excluding carboxylic acids is 1. The second-order valence-corrected chi connectivity index (χ2v) is 6.27. The number of hydrogen-bond acceptors (Lipinski definition) is 4. The Kier molecular flexibility index (Phi) is 7.06. The molecule has 0 heterocycles. The van der Waals surface area contributed by atoms with Crippen LogP contribution in [0.15, 0.2) is 24.3 Å². The minimum Gasteiger partial charge on any atom is -0.492 e. The molecule has 24 heavy (non-hydrogen) atoms. The third kappa shape index (κ3) is 5.85. The molecule has 0 radical (unpaired) electrons. The zero-order chi connectivity index (χ0) is 17.4. The number of ether oxygens (including phenoxy) is 1. The van der Waals surface area contributed by atoms with Crippen LogP contribution in [-0.4, -0.2) is 36.2 Å². The summed E-state index contributed by atoms with van der Waals surface area (Å²) in [6.45, 7) is 0.896. The summed E-state index contributed by atoms with van der Waals surface area (Å²) in [6, 6.07) is 6.28. The van der Waals surface area contributed by atoms with E-state index in [4.69, 9.17) is 15.6 Å². The highest BCUT2D eigenvalue weighted by molar-refractivity contribution is 5.78. The summed E-state index contributed by atoms with van der Waals surface area (Å²) in [5.41, 5.74) is 6.35. The first-order valence-electron chi connectivity index (χ1n) is 8.54. The van der Waals surface area contributed by atoms with Gasteiger partial charge in [0.1, 0.15) is 18.4 Å². The molecule has 6 nitrogen and oxygen atoms in total. The number of carboxylic acids is 1. The van der Waals surface area contributed by atoms with Crippen LogP contribution in [0.4, 0.5) is 0 Å². The zero-order valence-electron chi connectivity index (χ0n) is 13.9. The molecule has 6 heteroatoms. The van der Waals surface area contributed by atoms with E-state index in [0.29, 0.717) is 18.9 Å². The Morgan fingerprint density at radius 1 is 1.21 bits per heavy atom. The summed E-state index contributed by atoms with van der Waals surface area (Å²) >= 11 is 0. The lowest BCUT2D eigenvalue weighted by molar-refractivity contribution is -0.138. The smallest absolute Gasteiger partial charge is 0.320 e. The Bertz CT molecular complexity index is 538. The van der Waals surface area contributed by atoms with Gasteiger partial charge in [-0.2, -0.15) is 0 Å². The molecule has 0 aromatic heterocycles. The molecule has 1 amide bonds. The van der Waals surface area contributed by atoms with Crippen molar-refractivity contribution in [1.82, 2.24) is 5.32 Å². The maximum absolute atomic E-state index is 12.0. The van der Waals surface area contributed by atoms with Gasteiger partial charge >= 0.3 is 5.97 Å². The summed E-state index contributed by atoms with van der Waals surface area (Å²) in [6.07, 6.45) is 5.80. The van der Waals surface area contributed by atoms with E-state index in [2.05, 4.69) is 5.32 Å². The molecule has 1 aliphatic carbocycles. The second kappa shape index (κ2) is 9.27. The van der Waals surface area contributed by atoms with E-state index < -0.39 is 12.0 Å². The first-order chi connectivity index (χ1) is 11.6. The van der Waals surface area contributed by atoms with Gasteiger partial charge in [0.15, 0.2) is 0 Å². The number of carboxylic acid groups (broad SMARTS) is 1. The van der Waals surface area contributed by atoms with Crippen molar-refractivity contribution in [1.29, 1.82) is 0 Å². The fourth-order valence-electron chi connectivity index (χ4n) is 2.92. The fraction of sp³-hybridized carbons (Fsp3) is 0.556. The fourth-order valence-corrected chi connectivity index (χ4v) is 2.92. The van der Waals surface area contributed by atoms with Crippen LogP contribution < -0.4 is 15.8 Å². The van der Waals surface area contributed by atoms with E-state index in [0.717, 1.165) is 31.2 Å². The standard InChI is InChI=1S/C18H26N2O4/c19-16(18(22)23)12-13-6-8-15(9-7-13)24-11-10-20-17(21)14-4-2-1-3-5-14/h6-9,14,16H,1-5,10-12,19H2,(H,20,21)(H,22,23)/t16-/m0/s1. The van der Waals surface area contributed by atoms with E-state index in [1.165, 1.54) is 6.42 Å². The summed E-state index contributed by atoms with van der Waals surface area (Å²) in [4.78, 5) is 22.7. The molecule has 0 aliphatic heterocycles. The number of amides is 1. The van der Waals surface area contributed by atoms with Crippen molar-refractivity contribution in [3.05, 3.63) is 29.8 Å². The van der Waals surface area contributed by atoms with Gasteiger partial charge in [0.2, 0.25) is 5.91 Å². The number of nitrogens with one attached hydrogen (secondary N) is 1. The Morgan fingerprint density at radius 3 is 2.50 bits per heavy atom. The van der Waals surface area contributed by atoms with Crippen molar-refractivity contribution in [2.24, 2.45) is 11.7 Å². The maximum atomic E-state index is 12.0. The van der Waals surface area contributed by atoms with Crippen LogP contribution in [0.2, 0.25) is 0 Å². The Hall–Kier alpha value is -2.08. The Balaban J connectivity index is 1.67. The van der Waals surface area contributed by atoms with Gasteiger partial charge in [0, 0.05) is 5.92 Å². The molecule has 0 spiro atoms. The van der Waals surface area contributed by atoms with Crippen LogP contribution in [0.5, 0.6) is 5.75 Å². The van der Waals surface area contributed by atoms with Gasteiger partial charge in [-0.1, -0.05) is 31.4 Å². The Labute approximate surface area is 142 Å². The molecule has 1 aromatic carbocycles. The van der Waals surface area contributed by atoms with Crippen LogP contribution in [0.25, 0.3) is 0 Å². The number of hydrogen-bond donors (Lipinski definition) is 3. The van der Waals surface area contributed by atoms with Gasteiger partial charge in [0.05, 0.1) is 6.54 Å². The van der Waals surface area contributed by atoms with Crippen molar-refractivity contribution in [3.8, 4) is 5.75 Å². The van der Waals surface area contributed by atoms with Crippen LogP contribution >= 0.6 is 0 Å². The number of aliphatic carboxylic acids is 1. The number of carbonyl (C=O) groups is 2. The summed E-state index contributed by atoms with van der Waals surface area (Å²) < 4.78 is 5.59. The van der Waals surface area contributed by atoms with Gasteiger partial charge in [-0.25, -0.2) is 0 Å². The highest BCUT2D eigenvalue weighted by atomic mass is 16.5. The first kappa shape index (κ1) is 18.3. The van der Waals surface area contributed by atoms with Gasteiger partial charge in [-0.3, -0.25) is 9.59 Å². The van der Waals surface area contributed by atoms with Crippen LogP contribution in [-0.2, 0) is 16.0 Å². The van der Waals surface area contributed by atoms with Gasteiger partial charge < -0.3 is 20.9 Å². The van der Waals surface area contributed by atoms with Crippen molar-refractivity contribution in [2.75, 3.05) is 13.2 Å². The molecule has 1 fully saturated rings. The molecule has 0 saturated heterocycles. The average Bonchev–Trinajstić information content (AvgIpc) is 2.60. The lowest BCUT2D eigenvalue weighted by Crippen LogP contribution is -2.34. The van der Waals surface area contributed by atoms with E-state index in [-0.39, 0.29) is 18.2 Å². The van der Waals surface area contributed by atoms with E-state index >= 15 is 0 Å². The molecular formula is C18H26N2O4. The molecule has 2 rings (SSSR count). The average molecular weight is 334 g/mol. The zero-order valence-corrected chi connectivity index (χ0v) is 13.9. The third-order valence-corrected chi connectivity index (χ3v) is 4.34. The topological polar surface area (TPSA) is 102 Å². The van der Waals surface area contributed by atoms with Crippen LogP contribution in [0.1, 0.15) is 37.7 Å². The normalized spacial score (nSPS) is 16.4. The molecule has 1 aromatic rings. The minimum atomic E-state index is -1.01. The third-order valence-electron chi connectivity index (χ3n) is 4.34. The SMILES string of the molecule is N[C@@H](Cc1ccc(OCCNC(=O)C2CCCCC2)cc1)C(=O)O. The molecule has 132 valence electrons. The minimum absolute atomic E-state index is 0.135. The summed E-state index contributed by atoms with van der Waals surface area (Å²) in [7, 11) is 0.